The standard InChI is InChI=1S/C12H23NO3/c1-4-9-5-6-10(8(9)2)13-11(7-16-3)12(14)15/h8-11,13H,4-7H2,1-3H3,(H,14,15). The van der Waals surface area contributed by atoms with Crippen molar-refractivity contribution < 1.29 is 14.6 Å². The molecule has 0 aromatic carbocycles. The number of rotatable bonds is 6. The van der Waals surface area contributed by atoms with Crippen molar-refractivity contribution in [1.82, 2.24) is 5.32 Å². The van der Waals surface area contributed by atoms with Crippen LogP contribution in [0.4, 0.5) is 0 Å². The second kappa shape index (κ2) is 6.21. The molecule has 0 heterocycles. The van der Waals surface area contributed by atoms with Crippen LogP contribution in [0, 0.1) is 11.8 Å². The van der Waals surface area contributed by atoms with Crippen LogP contribution in [0.1, 0.15) is 33.1 Å². The van der Waals surface area contributed by atoms with Gasteiger partial charge >= 0.3 is 5.97 Å². The lowest BCUT2D eigenvalue weighted by atomic mass is 9.93. The summed E-state index contributed by atoms with van der Waals surface area (Å²) in [6.07, 6.45) is 3.46. The smallest absolute Gasteiger partial charge is 0.323 e. The van der Waals surface area contributed by atoms with Crippen LogP contribution in [-0.4, -0.2) is 36.9 Å². The molecule has 2 N–H and O–H groups in total. The Labute approximate surface area is 97.4 Å². The first-order chi connectivity index (χ1) is 7.60. The summed E-state index contributed by atoms with van der Waals surface area (Å²) >= 11 is 0. The quantitative estimate of drug-likeness (QED) is 0.724. The van der Waals surface area contributed by atoms with E-state index in [9.17, 15) is 4.79 Å². The number of carbonyl (C=O) groups is 1. The lowest BCUT2D eigenvalue weighted by Gasteiger charge is -2.24. The number of hydrogen-bond acceptors (Lipinski definition) is 3. The van der Waals surface area contributed by atoms with Crippen molar-refractivity contribution in [3.05, 3.63) is 0 Å². The topological polar surface area (TPSA) is 58.6 Å². The molecule has 4 atom stereocenters. The molecule has 0 spiro atoms. The van der Waals surface area contributed by atoms with E-state index in [1.54, 1.807) is 0 Å². The highest BCUT2D eigenvalue weighted by Crippen LogP contribution is 2.34. The number of methoxy groups -OCH3 is 1. The molecule has 0 bridgehead atoms. The summed E-state index contributed by atoms with van der Waals surface area (Å²) < 4.78 is 4.92. The van der Waals surface area contributed by atoms with Crippen LogP contribution in [-0.2, 0) is 9.53 Å². The summed E-state index contributed by atoms with van der Waals surface area (Å²) in [5, 5.41) is 12.2. The van der Waals surface area contributed by atoms with Gasteiger partial charge in [-0.3, -0.25) is 10.1 Å². The minimum absolute atomic E-state index is 0.231. The minimum atomic E-state index is -0.825. The fourth-order valence-electron chi connectivity index (χ4n) is 2.67. The molecule has 0 radical (unpaired) electrons. The number of aliphatic carboxylic acids is 1. The summed E-state index contributed by atoms with van der Waals surface area (Å²) in [5.41, 5.74) is 0. The Hall–Kier alpha value is -0.610. The van der Waals surface area contributed by atoms with Gasteiger partial charge in [0.1, 0.15) is 6.04 Å². The zero-order valence-corrected chi connectivity index (χ0v) is 10.4. The van der Waals surface area contributed by atoms with Gasteiger partial charge in [0, 0.05) is 13.2 Å². The molecule has 1 aliphatic rings. The normalized spacial score (nSPS) is 31.6. The first kappa shape index (κ1) is 13.5. The van der Waals surface area contributed by atoms with Crippen LogP contribution in [0.2, 0.25) is 0 Å². The minimum Gasteiger partial charge on any atom is -0.480 e. The lowest BCUT2D eigenvalue weighted by Crippen LogP contribution is -2.47. The molecule has 0 aromatic rings. The molecule has 1 saturated carbocycles. The third-order valence-corrected chi connectivity index (χ3v) is 3.80. The fraction of sp³-hybridized carbons (Fsp3) is 0.917. The van der Waals surface area contributed by atoms with E-state index in [0.29, 0.717) is 12.0 Å². The molecule has 4 nitrogen and oxygen atoms in total. The summed E-state index contributed by atoms with van der Waals surface area (Å²) in [5.74, 6) is 0.465. The predicted octanol–water partition coefficient (Wildman–Crippen LogP) is 1.50. The van der Waals surface area contributed by atoms with Crippen molar-refractivity contribution in [1.29, 1.82) is 0 Å². The second-order valence-electron chi connectivity index (χ2n) is 4.72. The highest BCUT2D eigenvalue weighted by molar-refractivity contribution is 5.73. The molecule has 94 valence electrons. The van der Waals surface area contributed by atoms with Gasteiger partial charge in [0.05, 0.1) is 6.61 Å². The largest absolute Gasteiger partial charge is 0.480 e. The SMILES string of the molecule is CCC1CCC(NC(COC)C(=O)O)C1C. The fourth-order valence-corrected chi connectivity index (χ4v) is 2.67. The maximum absolute atomic E-state index is 11.0. The van der Waals surface area contributed by atoms with Crippen LogP contribution in [0.3, 0.4) is 0 Å². The predicted molar refractivity (Wildman–Crippen MR) is 62.4 cm³/mol. The summed E-state index contributed by atoms with van der Waals surface area (Å²) in [4.78, 5) is 11.0. The van der Waals surface area contributed by atoms with Crippen molar-refractivity contribution in [2.24, 2.45) is 11.8 Å². The maximum Gasteiger partial charge on any atom is 0.323 e. The van der Waals surface area contributed by atoms with E-state index in [4.69, 9.17) is 9.84 Å². The van der Waals surface area contributed by atoms with E-state index in [2.05, 4.69) is 19.2 Å². The molecule has 1 fully saturated rings. The molecule has 16 heavy (non-hydrogen) atoms. The molecule has 4 heteroatoms. The maximum atomic E-state index is 11.0. The van der Waals surface area contributed by atoms with E-state index < -0.39 is 12.0 Å². The Morgan fingerprint density at radius 1 is 1.56 bits per heavy atom. The second-order valence-corrected chi connectivity index (χ2v) is 4.72. The Kier molecular flexibility index (Phi) is 5.22. The van der Waals surface area contributed by atoms with Gasteiger partial charge in [0.25, 0.3) is 0 Å². The van der Waals surface area contributed by atoms with Crippen molar-refractivity contribution in [3.8, 4) is 0 Å². The average Bonchev–Trinajstić information content (AvgIpc) is 2.59. The molecular weight excluding hydrogens is 206 g/mol. The molecular formula is C12H23NO3. The Morgan fingerprint density at radius 3 is 2.69 bits per heavy atom. The summed E-state index contributed by atoms with van der Waals surface area (Å²) in [6.45, 7) is 4.65. The number of hydrogen-bond donors (Lipinski definition) is 2. The molecule has 0 amide bonds. The highest BCUT2D eigenvalue weighted by Gasteiger charge is 2.34. The van der Waals surface area contributed by atoms with Gasteiger partial charge in [-0.1, -0.05) is 20.3 Å². The zero-order chi connectivity index (χ0) is 12.1. The Bertz CT molecular complexity index is 232. The van der Waals surface area contributed by atoms with E-state index in [1.807, 2.05) is 0 Å². The van der Waals surface area contributed by atoms with Gasteiger partial charge in [-0.05, 0) is 24.7 Å². The van der Waals surface area contributed by atoms with E-state index in [1.165, 1.54) is 20.0 Å². The molecule has 0 aromatic heterocycles. The number of nitrogens with one attached hydrogen (secondary N) is 1. The van der Waals surface area contributed by atoms with E-state index >= 15 is 0 Å². The Morgan fingerprint density at radius 2 is 2.25 bits per heavy atom. The van der Waals surface area contributed by atoms with Crippen LogP contribution in [0.15, 0.2) is 0 Å². The van der Waals surface area contributed by atoms with Crippen LogP contribution in [0.5, 0.6) is 0 Å². The molecule has 1 rings (SSSR count). The summed E-state index contributed by atoms with van der Waals surface area (Å²) in [7, 11) is 1.53. The third kappa shape index (κ3) is 3.19. The van der Waals surface area contributed by atoms with Crippen molar-refractivity contribution in [3.63, 3.8) is 0 Å². The number of carboxylic acids is 1. The summed E-state index contributed by atoms with van der Waals surface area (Å²) in [6, 6.07) is -0.255. The van der Waals surface area contributed by atoms with Crippen LogP contribution in [0.25, 0.3) is 0 Å². The van der Waals surface area contributed by atoms with Crippen LogP contribution >= 0.6 is 0 Å². The zero-order valence-electron chi connectivity index (χ0n) is 10.4. The number of carboxylic acid groups (broad SMARTS) is 1. The van der Waals surface area contributed by atoms with Crippen molar-refractivity contribution >= 4 is 5.97 Å². The van der Waals surface area contributed by atoms with Gasteiger partial charge < -0.3 is 9.84 Å². The molecule has 1 aliphatic carbocycles. The average molecular weight is 229 g/mol. The van der Waals surface area contributed by atoms with Gasteiger partial charge in [0.2, 0.25) is 0 Å². The third-order valence-electron chi connectivity index (χ3n) is 3.80. The molecule has 0 aliphatic heterocycles. The van der Waals surface area contributed by atoms with Gasteiger partial charge in [-0.25, -0.2) is 0 Å². The molecule has 4 unspecified atom stereocenters. The first-order valence-electron chi connectivity index (χ1n) is 6.07. The van der Waals surface area contributed by atoms with E-state index in [0.717, 1.165) is 12.3 Å². The van der Waals surface area contributed by atoms with Crippen LogP contribution < -0.4 is 5.32 Å². The van der Waals surface area contributed by atoms with Crippen molar-refractivity contribution in [2.45, 2.75) is 45.2 Å². The van der Waals surface area contributed by atoms with Gasteiger partial charge in [-0.2, -0.15) is 0 Å². The first-order valence-corrected chi connectivity index (χ1v) is 6.07. The van der Waals surface area contributed by atoms with Gasteiger partial charge in [-0.15, -0.1) is 0 Å². The monoisotopic (exact) mass is 229 g/mol. The number of ether oxygens (including phenoxy) is 1. The van der Waals surface area contributed by atoms with E-state index in [-0.39, 0.29) is 6.61 Å². The highest BCUT2D eigenvalue weighted by atomic mass is 16.5. The van der Waals surface area contributed by atoms with Gasteiger partial charge in [0.15, 0.2) is 0 Å². The molecule has 0 saturated heterocycles. The lowest BCUT2D eigenvalue weighted by molar-refractivity contribution is -0.141. The van der Waals surface area contributed by atoms with Crippen molar-refractivity contribution in [2.75, 3.05) is 13.7 Å². The Balaban J connectivity index is 2.49.